The molecule has 0 bridgehead atoms. The van der Waals surface area contributed by atoms with Crippen molar-refractivity contribution < 1.29 is 9.90 Å². The minimum absolute atomic E-state index is 0.156. The number of carboxylic acids is 1. The van der Waals surface area contributed by atoms with Crippen molar-refractivity contribution >= 4 is 5.97 Å². The van der Waals surface area contributed by atoms with E-state index in [0.29, 0.717) is 11.5 Å². The van der Waals surface area contributed by atoms with Crippen LogP contribution in [0.4, 0.5) is 0 Å². The lowest BCUT2D eigenvalue weighted by molar-refractivity contribution is -0.138. The van der Waals surface area contributed by atoms with Gasteiger partial charge in [0.25, 0.3) is 0 Å². The highest BCUT2D eigenvalue weighted by Crippen LogP contribution is 2.37. The molecule has 0 aromatic rings. The molecule has 0 aromatic carbocycles. The quantitative estimate of drug-likeness (QED) is 0.804. The number of aliphatic carboxylic acids is 1. The van der Waals surface area contributed by atoms with Gasteiger partial charge < -0.3 is 5.11 Å². The molecule has 0 heterocycles. The summed E-state index contributed by atoms with van der Waals surface area (Å²) >= 11 is 0. The number of nitrogens with zero attached hydrogens (tertiary/aromatic N) is 1. The molecule has 3 heteroatoms. The molecular formula is C14H27NO2. The van der Waals surface area contributed by atoms with Crippen LogP contribution < -0.4 is 0 Å². The maximum absolute atomic E-state index is 10.8. The van der Waals surface area contributed by atoms with Gasteiger partial charge in [-0.1, -0.05) is 20.8 Å². The number of hydrogen-bond donors (Lipinski definition) is 1. The van der Waals surface area contributed by atoms with Crippen LogP contribution in [0.1, 0.15) is 59.8 Å². The topological polar surface area (TPSA) is 40.5 Å². The zero-order valence-corrected chi connectivity index (χ0v) is 11.7. The minimum atomic E-state index is -0.688. The Hall–Kier alpha value is -0.570. The molecule has 1 rings (SSSR count). The van der Waals surface area contributed by atoms with Crippen LogP contribution in [0.15, 0.2) is 0 Å². The van der Waals surface area contributed by atoms with Gasteiger partial charge >= 0.3 is 5.97 Å². The van der Waals surface area contributed by atoms with E-state index in [9.17, 15) is 4.79 Å². The van der Waals surface area contributed by atoms with Crippen LogP contribution in [0.2, 0.25) is 0 Å². The molecule has 0 amide bonds. The lowest BCUT2D eigenvalue weighted by atomic mass is 9.75. The third kappa shape index (κ3) is 4.30. The summed E-state index contributed by atoms with van der Waals surface area (Å²) in [6.07, 6.45) is 5.20. The van der Waals surface area contributed by atoms with Gasteiger partial charge in [0.15, 0.2) is 0 Å². The van der Waals surface area contributed by atoms with Crippen molar-refractivity contribution in [3.8, 4) is 0 Å². The highest BCUT2D eigenvalue weighted by Gasteiger charge is 2.31. The smallest absolute Gasteiger partial charge is 0.304 e. The Bertz CT molecular complexity index is 253. The van der Waals surface area contributed by atoms with Gasteiger partial charge in [-0.05, 0) is 44.6 Å². The van der Waals surface area contributed by atoms with Gasteiger partial charge in [-0.3, -0.25) is 9.69 Å². The summed E-state index contributed by atoms with van der Waals surface area (Å²) in [5.41, 5.74) is 0.478. The highest BCUT2D eigenvalue weighted by atomic mass is 16.4. The first-order valence-electron chi connectivity index (χ1n) is 6.83. The maximum atomic E-state index is 10.8. The molecule has 0 aliphatic heterocycles. The first-order chi connectivity index (χ1) is 7.85. The second-order valence-electron chi connectivity index (χ2n) is 6.17. The van der Waals surface area contributed by atoms with Gasteiger partial charge in [-0.25, -0.2) is 0 Å². The van der Waals surface area contributed by atoms with Crippen LogP contribution in [0.5, 0.6) is 0 Å². The fourth-order valence-electron chi connectivity index (χ4n) is 3.02. The molecule has 1 saturated carbocycles. The molecule has 1 atom stereocenters. The van der Waals surface area contributed by atoms with Crippen LogP contribution in [0, 0.1) is 5.41 Å². The Morgan fingerprint density at radius 2 is 1.94 bits per heavy atom. The molecule has 17 heavy (non-hydrogen) atoms. The highest BCUT2D eigenvalue weighted by molar-refractivity contribution is 5.67. The van der Waals surface area contributed by atoms with E-state index < -0.39 is 5.97 Å². The summed E-state index contributed by atoms with van der Waals surface area (Å²) in [5.74, 6) is -0.688. The summed E-state index contributed by atoms with van der Waals surface area (Å²) in [4.78, 5) is 13.2. The van der Waals surface area contributed by atoms with E-state index in [4.69, 9.17) is 5.11 Å². The van der Waals surface area contributed by atoms with Gasteiger partial charge in [0, 0.05) is 12.1 Å². The monoisotopic (exact) mass is 241 g/mol. The van der Waals surface area contributed by atoms with Crippen molar-refractivity contribution in [3.05, 3.63) is 0 Å². The normalized spacial score (nSPS) is 22.6. The summed E-state index contributed by atoms with van der Waals surface area (Å²) in [5, 5.41) is 8.88. The number of rotatable bonds is 5. The molecule has 1 aliphatic rings. The molecular weight excluding hydrogens is 214 g/mol. The van der Waals surface area contributed by atoms with Gasteiger partial charge in [0.05, 0.1) is 6.42 Å². The molecule has 3 nitrogen and oxygen atoms in total. The first-order valence-corrected chi connectivity index (χ1v) is 6.83. The third-order valence-corrected chi connectivity index (χ3v) is 4.18. The van der Waals surface area contributed by atoms with Crippen molar-refractivity contribution in [2.45, 2.75) is 71.9 Å². The van der Waals surface area contributed by atoms with Crippen molar-refractivity contribution in [2.24, 2.45) is 5.41 Å². The van der Waals surface area contributed by atoms with Crippen LogP contribution in [0.3, 0.4) is 0 Å². The molecule has 0 saturated heterocycles. The molecule has 1 fully saturated rings. The van der Waals surface area contributed by atoms with Crippen LogP contribution >= 0.6 is 0 Å². The molecule has 1 unspecified atom stereocenters. The average molecular weight is 241 g/mol. The predicted octanol–water partition coefficient (Wildman–Crippen LogP) is 3.14. The van der Waals surface area contributed by atoms with Crippen molar-refractivity contribution in [3.63, 3.8) is 0 Å². The third-order valence-electron chi connectivity index (χ3n) is 4.18. The Morgan fingerprint density at radius 3 is 2.35 bits per heavy atom. The van der Waals surface area contributed by atoms with E-state index in [1.54, 1.807) is 0 Å². The van der Waals surface area contributed by atoms with E-state index in [1.165, 1.54) is 25.7 Å². The van der Waals surface area contributed by atoms with E-state index >= 15 is 0 Å². The maximum Gasteiger partial charge on any atom is 0.304 e. The second kappa shape index (κ2) is 5.85. The largest absolute Gasteiger partial charge is 0.481 e. The average Bonchev–Trinajstić information content (AvgIpc) is 2.20. The zero-order chi connectivity index (χ0) is 13.1. The summed E-state index contributed by atoms with van der Waals surface area (Å²) in [6.45, 7) is 9.80. The van der Waals surface area contributed by atoms with Crippen molar-refractivity contribution in [2.75, 3.05) is 6.54 Å². The lowest BCUT2D eigenvalue weighted by Gasteiger charge is -2.42. The number of hydrogen-bond acceptors (Lipinski definition) is 2. The number of carboxylic acid groups (broad SMARTS) is 1. The predicted molar refractivity (Wildman–Crippen MR) is 70.1 cm³/mol. The van der Waals surface area contributed by atoms with Gasteiger partial charge in [0.2, 0.25) is 0 Å². The molecule has 0 radical (unpaired) electrons. The molecule has 1 N–H and O–H groups in total. The van der Waals surface area contributed by atoms with Gasteiger partial charge in [-0.2, -0.15) is 0 Å². The zero-order valence-electron chi connectivity index (χ0n) is 11.7. The van der Waals surface area contributed by atoms with Gasteiger partial charge in [0.1, 0.15) is 0 Å². The van der Waals surface area contributed by atoms with Gasteiger partial charge in [-0.15, -0.1) is 0 Å². The molecule has 100 valence electrons. The molecule has 1 aliphatic carbocycles. The van der Waals surface area contributed by atoms with E-state index in [1.807, 2.05) is 6.92 Å². The Morgan fingerprint density at radius 1 is 1.41 bits per heavy atom. The van der Waals surface area contributed by atoms with Crippen molar-refractivity contribution in [1.82, 2.24) is 4.90 Å². The molecule has 0 aromatic heterocycles. The Labute approximate surface area is 105 Å². The van der Waals surface area contributed by atoms with Crippen LogP contribution in [-0.4, -0.2) is 34.6 Å². The second-order valence-corrected chi connectivity index (χ2v) is 6.17. The van der Waals surface area contributed by atoms with Crippen molar-refractivity contribution in [1.29, 1.82) is 0 Å². The SMILES string of the molecule is CCN(C(C)CC(=O)O)C1CCC(C)(C)CC1. The summed E-state index contributed by atoms with van der Waals surface area (Å²) in [6, 6.07) is 0.742. The summed E-state index contributed by atoms with van der Waals surface area (Å²) < 4.78 is 0. The van der Waals surface area contributed by atoms with Crippen LogP contribution in [0.25, 0.3) is 0 Å². The Balaban J connectivity index is 2.54. The fourth-order valence-corrected chi connectivity index (χ4v) is 3.02. The lowest BCUT2D eigenvalue weighted by Crippen LogP contribution is -2.45. The summed E-state index contributed by atoms with van der Waals surface area (Å²) in [7, 11) is 0. The van der Waals surface area contributed by atoms with Crippen LogP contribution in [-0.2, 0) is 4.79 Å². The molecule has 0 spiro atoms. The number of carbonyl (C=O) groups is 1. The first kappa shape index (κ1) is 14.5. The van der Waals surface area contributed by atoms with E-state index in [-0.39, 0.29) is 12.5 Å². The standard InChI is InChI=1S/C14H27NO2/c1-5-15(11(2)10-13(16)17)12-6-8-14(3,4)9-7-12/h11-12H,5-10H2,1-4H3,(H,16,17). The van der Waals surface area contributed by atoms with E-state index in [0.717, 1.165) is 6.54 Å². The fraction of sp³-hybridized carbons (Fsp3) is 0.929. The minimum Gasteiger partial charge on any atom is -0.481 e. The van der Waals surface area contributed by atoms with E-state index in [2.05, 4.69) is 25.7 Å². The Kier molecular flexibility index (Phi) is 4.99.